The molecule has 0 amide bonds. The Morgan fingerprint density at radius 3 is 2.42 bits per heavy atom. The van der Waals surface area contributed by atoms with Crippen molar-refractivity contribution >= 4 is 11.6 Å². The summed E-state index contributed by atoms with van der Waals surface area (Å²) in [7, 11) is 0. The Bertz CT molecular complexity index is 852. The molecule has 1 aromatic carbocycles. The Labute approximate surface area is 154 Å². The molecular formula is C21H23N5. The maximum atomic E-state index is 4.85. The number of nitrogens with zero attached hydrogens (tertiary/aromatic N) is 4. The number of hydrogen-bond donors (Lipinski definition) is 1. The van der Waals surface area contributed by atoms with Crippen LogP contribution in [0.3, 0.4) is 0 Å². The average molecular weight is 345 g/mol. The fourth-order valence-electron chi connectivity index (χ4n) is 3.39. The molecule has 3 heterocycles. The van der Waals surface area contributed by atoms with Crippen molar-refractivity contribution in [1.29, 1.82) is 0 Å². The Morgan fingerprint density at radius 1 is 1.00 bits per heavy atom. The predicted molar refractivity (Wildman–Crippen MR) is 105 cm³/mol. The summed E-state index contributed by atoms with van der Waals surface area (Å²) in [6.07, 6.45) is 5.66. The summed E-state index contributed by atoms with van der Waals surface area (Å²) in [6.45, 7) is 4.83. The van der Waals surface area contributed by atoms with E-state index in [-0.39, 0.29) is 0 Å². The predicted octanol–water partition coefficient (Wildman–Crippen LogP) is 3.58. The molecule has 5 heteroatoms. The van der Waals surface area contributed by atoms with Crippen LogP contribution in [0.4, 0.5) is 11.6 Å². The minimum Gasteiger partial charge on any atom is -0.370 e. The fourth-order valence-corrected chi connectivity index (χ4v) is 3.39. The molecular weight excluding hydrogens is 322 g/mol. The van der Waals surface area contributed by atoms with Crippen LogP contribution in [0.25, 0.3) is 11.4 Å². The molecule has 132 valence electrons. The average Bonchev–Trinajstić information content (AvgIpc) is 2.91. The standard InChI is InChI=1S/C21H23N5/c1-2-23-19-14-20(25-21(24-19)18-8-5-11-22-15-18)26-12-9-16-6-3-4-7-17(16)10-13-26/h3-8,11,14-15H,2,9-10,12-13H2,1H3,(H,23,24,25). The Hall–Kier alpha value is -2.95. The molecule has 0 bridgehead atoms. The first-order chi connectivity index (χ1) is 12.8. The third-order valence-electron chi connectivity index (χ3n) is 4.73. The third kappa shape index (κ3) is 3.52. The molecule has 2 aromatic heterocycles. The summed E-state index contributed by atoms with van der Waals surface area (Å²) in [5.41, 5.74) is 3.83. The molecule has 1 aliphatic rings. The van der Waals surface area contributed by atoms with Gasteiger partial charge in [-0.2, -0.15) is 0 Å². The number of nitrogens with one attached hydrogen (secondary N) is 1. The first-order valence-corrected chi connectivity index (χ1v) is 9.18. The summed E-state index contributed by atoms with van der Waals surface area (Å²) < 4.78 is 0. The highest BCUT2D eigenvalue weighted by molar-refractivity contribution is 5.61. The van der Waals surface area contributed by atoms with E-state index in [1.54, 1.807) is 6.20 Å². The minimum atomic E-state index is 0.716. The van der Waals surface area contributed by atoms with Crippen molar-refractivity contribution in [2.45, 2.75) is 19.8 Å². The molecule has 0 aliphatic carbocycles. The van der Waals surface area contributed by atoms with Crippen molar-refractivity contribution in [3.05, 3.63) is 66.0 Å². The summed E-state index contributed by atoms with van der Waals surface area (Å²) in [5, 5.41) is 3.33. The van der Waals surface area contributed by atoms with Crippen LogP contribution < -0.4 is 10.2 Å². The molecule has 5 nitrogen and oxygen atoms in total. The zero-order chi connectivity index (χ0) is 17.8. The summed E-state index contributed by atoms with van der Waals surface area (Å²) in [4.78, 5) is 16.1. The fraction of sp³-hybridized carbons (Fsp3) is 0.286. The number of rotatable bonds is 4. The highest BCUT2D eigenvalue weighted by atomic mass is 15.2. The van der Waals surface area contributed by atoms with Gasteiger partial charge in [0.05, 0.1) is 0 Å². The second-order valence-corrected chi connectivity index (χ2v) is 6.46. The number of aromatic nitrogens is 3. The van der Waals surface area contributed by atoms with Crippen molar-refractivity contribution in [3.8, 4) is 11.4 Å². The summed E-state index contributed by atoms with van der Waals surface area (Å²) >= 11 is 0. The summed E-state index contributed by atoms with van der Waals surface area (Å²) in [5.74, 6) is 2.55. The molecule has 0 saturated carbocycles. The van der Waals surface area contributed by atoms with E-state index in [1.807, 2.05) is 18.3 Å². The number of hydrogen-bond acceptors (Lipinski definition) is 5. The lowest BCUT2D eigenvalue weighted by Crippen LogP contribution is -2.27. The lowest BCUT2D eigenvalue weighted by atomic mass is 10.0. The van der Waals surface area contributed by atoms with E-state index in [4.69, 9.17) is 4.98 Å². The van der Waals surface area contributed by atoms with E-state index < -0.39 is 0 Å². The van der Waals surface area contributed by atoms with Crippen LogP contribution >= 0.6 is 0 Å². The number of fused-ring (bicyclic) bond motifs is 1. The second-order valence-electron chi connectivity index (χ2n) is 6.46. The summed E-state index contributed by atoms with van der Waals surface area (Å²) in [6, 6.07) is 14.7. The molecule has 26 heavy (non-hydrogen) atoms. The third-order valence-corrected chi connectivity index (χ3v) is 4.73. The zero-order valence-corrected chi connectivity index (χ0v) is 15.0. The van der Waals surface area contributed by atoms with Crippen LogP contribution in [0.5, 0.6) is 0 Å². The Balaban J connectivity index is 1.66. The van der Waals surface area contributed by atoms with E-state index in [0.29, 0.717) is 5.82 Å². The maximum Gasteiger partial charge on any atom is 0.165 e. The van der Waals surface area contributed by atoms with Crippen molar-refractivity contribution in [2.75, 3.05) is 29.9 Å². The largest absolute Gasteiger partial charge is 0.370 e. The van der Waals surface area contributed by atoms with Gasteiger partial charge in [-0.15, -0.1) is 0 Å². The molecule has 0 spiro atoms. The van der Waals surface area contributed by atoms with E-state index in [1.165, 1.54) is 11.1 Å². The van der Waals surface area contributed by atoms with E-state index in [2.05, 4.69) is 57.4 Å². The first kappa shape index (κ1) is 16.5. The van der Waals surface area contributed by atoms with Crippen molar-refractivity contribution < 1.29 is 0 Å². The molecule has 0 saturated heterocycles. The van der Waals surface area contributed by atoms with Gasteiger partial charge in [-0.05, 0) is 43.0 Å². The highest BCUT2D eigenvalue weighted by Crippen LogP contribution is 2.24. The Morgan fingerprint density at radius 2 is 1.77 bits per heavy atom. The van der Waals surface area contributed by atoms with E-state index in [0.717, 1.165) is 49.7 Å². The molecule has 4 rings (SSSR count). The van der Waals surface area contributed by atoms with E-state index in [9.17, 15) is 0 Å². The van der Waals surface area contributed by atoms with Gasteiger partial charge in [-0.1, -0.05) is 24.3 Å². The smallest absolute Gasteiger partial charge is 0.165 e. The van der Waals surface area contributed by atoms with Crippen LogP contribution in [-0.2, 0) is 12.8 Å². The second kappa shape index (κ2) is 7.52. The van der Waals surface area contributed by atoms with Crippen molar-refractivity contribution in [2.24, 2.45) is 0 Å². The van der Waals surface area contributed by atoms with Crippen LogP contribution in [0.15, 0.2) is 54.9 Å². The normalized spacial score (nSPS) is 13.8. The number of pyridine rings is 1. The monoisotopic (exact) mass is 345 g/mol. The zero-order valence-electron chi connectivity index (χ0n) is 15.0. The van der Waals surface area contributed by atoms with Gasteiger partial charge < -0.3 is 10.2 Å². The van der Waals surface area contributed by atoms with Crippen molar-refractivity contribution in [1.82, 2.24) is 15.0 Å². The van der Waals surface area contributed by atoms with Gasteiger partial charge in [-0.25, -0.2) is 9.97 Å². The van der Waals surface area contributed by atoms with Gasteiger partial charge in [0, 0.05) is 43.7 Å². The molecule has 1 aliphatic heterocycles. The van der Waals surface area contributed by atoms with Gasteiger partial charge in [0.2, 0.25) is 0 Å². The highest BCUT2D eigenvalue weighted by Gasteiger charge is 2.17. The lowest BCUT2D eigenvalue weighted by Gasteiger charge is -2.22. The van der Waals surface area contributed by atoms with Gasteiger partial charge in [0.15, 0.2) is 5.82 Å². The van der Waals surface area contributed by atoms with Gasteiger partial charge in [0.25, 0.3) is 0 Å². The van der Waals surface area contributed by atoms with Crippen LogP contribution in [-0.4, -0.2) is 34.6 Å². The molecule has 1 N–H and O–H groups in total. The molecule has 0 unspecified atom stereocenters. The van der Waals surface area contributed by atoms with Gasteiger partial charge >= 0.3 is 0 Å². The number of anilines is 2. The Kier molecular flexibility index (Phi) is 4.78. The van der Waals surface area contributed by atoms with E-state index >= 15 is 0 Å². The van der Waals surface area contributed by atoms with Crippen LogP contribution in [0, 0.1) is 0 Å². The van der Waals surface area contributed by atoms with Crippen molar-refractivity contribution in [3.63, 3.8) is 0 Å². The molecule has 0 atom stereocenters. The lowest BCUT2D eigenvalue weighted by molar-refractivity contribution is 0.789. The molecule has 0 fully saturated rings. The van der Waals surface area contributed by atoms with Gasteiger partial charge in [0.1, 0.15) is 11.6 Å². The minimum absolute atomic E-state index is 0.716. The topological polar surface area (TPSA) is 53.9 Å². The maximum absolute atomic E-state index is 4.85. The molecule has 0 radical (unpaired) electrons. The van der Waals surface area contributed by atoms with Crippen LogP contribution in [0.2, 0.25) is 0 Å². The first-order valence-electron chi connectivity index (χ1n) is 9.18. The molecule has 3 aromatic rings. The van der Waals surface area contributed by atoms with Gasteiger partial charge in [-0.3, -0.25) is 4.98 Å². The SMILES string of the molecule is CCNc1cc(N2CCc3ccccc3CC2)nc(-c2cccnc2)n1. The quantitative estimate of drug-likeness (QED) is 0.783. The number of benzene rings is 1. The van der Waals surface area contributed by atoms with Crippen LogP contribution in [0.1, 0.15) is 18.1 Å².